The van der Waals surface area contributed by atoms with Gasteiger partial charge < -0.3 is 9.47 Å². The Kier molecular flexibility index (Phi) is 8.24. The standard InChI is InChI=1S/C38H34N2O4/c1-25(2)19-26-9-11-28(12-10-26)33-20-31(27-13-16-32(43-3)17-14-27)21-34(39-33)30-15-18-37-35(22-30)40(38(42)24-44-37)23-36(41)29-7-5-4-6-8-29/h4-18,20-22,25H,19,23-24H2,1-3H3. The van der Waals surface area contributed by atoms with Gasteiger partial charge in [0, 0.05) is 16.7 Å². The fourth-order valence-corrected chi connectivity index (χ4v) is 5.45. The number of amides is 1. The molecule has 0 fully saturated rings. The van der Waals surface area contributed by atoms with Gasteiger partial charge in [-0.2, -0.15) is 0 Å². The number of nitrogens with zero attached hydrogens (tertiary/aromatic N) is 2. The van der Waals surface area contributed by atoms with Crippen LogP contribution in [0.25, 0.3) is 33.6 Å². The second-order valence-electron chi connectivity index (χ2n) is 11.4. The van der Waals surface area contributed by atoms with Crippen molar-refractivity contribution in [3.8, 4) is 45.1 Å². The molecule has 0 saturated heterocycles. The predicted octanol–water partition coefficient (Wildman–Crippen LogP) is 7.90. The lowest BCUT2D eigenvalue weighted by Gasteiger charge is -2.29. The van der Waals surface area contributed by atoms with E-state index in [2.05, 4.69) is 44.2 Å². The number of rotatable bonds is 9. The molecule has 6 rings (SSSR count). The molecule has 2 heterocycles. The van der Waals surface area contributed by atoms with Gasteiger partial charge >= 0.3 is 0 Å². The highest BCUT2D eigenvalue weighted by molar-refractivity contribution is 6.07. The smallest absolute Gasteiger partial charge is 0.265 e. The van der Waals surface area contributed by atoms with Crippen LogP contribution in [0.15, 0.2) is 109 Å². The van der Waals surface area contributed by atoms with Crippen LogP contribution in [0.5, 0.6) is 11.5 Å². The second-order valence-corrected chi connectivity index (χ2v) is 11.4. The van der Waals surface area contributed by atoms with E-state index in [1.165, 1.54) is 10.5 Å². The minimum Gasteiger partial charge on any atom is -0.497 e. The third kappa shape index (κ3) is 6.25. The molecule has 5 aromatic rings. The Labute approximate surface area is 257 Å². The third-order valence-electron chi connectivity index (χ3n) is 7.74. The molecule has 4 aromatic carbocycles. The lowest BCUT2D eigenvalue weighted by Crippen LogP contribution is -2.42. The average molecular weight is 583 g/mol. The third-order valence-corrected chi connectivity index (χ3v) is 7.74. The van der Waals surface area contributed by atoms with Crippen molar-refractivity contribution in [2.45, 2.75) is 20.3 Å². The van der Waals surface area contributed by atoms with Gasteiger partial charge in [0.15, 0.2) is 12.4 Å². The highest BCUT2D eigenvalue weighted by atomic mass is 16.5. The first-order chi connectivity index (χ1) is 21.4. The molecular weight excluding hydrogens is 548 g/mol. The van der Waals surface area contributed by atoms with Crippen LogP contribution in [0.4, 0.5) is 5.69 Å². The fourth-order valence-electron chi connectivity index (χ4n) is 5.45. The largest absolute Gasteiger partial charge is 0.497 e. The topological polar surface area (TPSA) is 68.7 Å². The molecular formula is C38H34N2O4. The molecule has 0 radical (unpaired) electrons. The number of hydrogen-bond donors (Lipinski definition) is 0. The SMILES string of the molecule is COc1ccc(-c2cc(-c3ccc(CC(C)C)cc3)nc(-c3ccc4c(c3)N(CC(=O)c3ccccc3)C(=O)CO4)c2)cc1. The first-order valence-corrected chi connectivity index (χ1v) is 14.8. The van der Waals surface area contributed by atoms with Gasteiger partial charge in [-0.05, 0) is 71.5 Å². The first kappa shape index (κ1) is 28.9. The maximum atomic E-state index is 13.1. The van der Waals surface area contributed by atoms with Gasteiger partial charge in [-0.3, -0.25) is 14.5 Å². The van der Waals surface area contributed by atoms with E-state index in [9.17, 15) is 9.59 Å². The molecule has 1 amide bonds. The summed E-state index contributed by atoms with van der Waals surface area (Å²) >= 11 is 0. The quantitative estimate of drug-likeness (QED) is 0.165. The summed E-state index contributed by atoms with van der Waals surface area (Å²) in [6, 6.07) is 35.4. The fraction of sp³-hybridized carbons (Fsp3) is 0.184. The molecule has 0 N–H and O–H groups in total. The molecule has 0 saturated carbocycles. The molecule has 1 aliphatic rings. The second kappa shape index (κ2) is 12.6. The minimum atomic E-state index is -0.263. The minimum absolute atomic E-state index is 0.0735. The van der Waals surface area contributed by atoms with Crippen molar-refractivity contribution in [3.05, 3.63) is 120 Å². The average Bonchev–Trinajstić information content (AvgIpc) is 3.06. The summed E-state index contributed by atoms with van der Waals surface area (Å²) in [6.45, 7) is 4.25. The zero-order chi connectivity index (χ0) is 30.6. The molecule has 1 aliphatic heterocycles. The Hall–Kier alpha value is -5.23. The van der Waals surface area contributed by atoms with Crippen molar-refractivity contribution in [1.29, 1.82) is 0 Å². The van der Waals surface area contributed by atoms with Crippen LogP contribution in [0.3, 0.4) is 0 Å². The van der Waals surface area contributed by atoms with Crippen LogP contribution in [-0.4, -0.2) is 36.9 Å². The summed E-state index contributed by atoms with van der Waals surface area (Å²) in [4.78, 5) is 32.7. The van der Waals surface area contributed by atoms with Crippen LogP contribution in [0.2, 0.25) is 0 Å². The van der Waals surface area contributed by atoms with Crippen molar-refractivity contribution in [1.82, 2.24) is 4.98 Å². The van der Waals surface area contributed by atoms with E-state index < -0.39 is 0 Å². The number of carbonyl (C=O) groups is 2. The Balaban J connectivity index is 1.41. The molecule has 6 heteroatoms. The Morgan fingerprint density at radius 1 is 0.818 bits per heavy atom. The van der Waals surface area contributed by atoms with E-state index in [4.69, 9.17) is 14.5 Å². The summed E-state index contributed by atoms with van der Waals surface area (Å²) in [5.74, 6) is 1.52. The number of fused-ring (bicyclic) bond motifs is 1. The molecule has 0 bridgehead atoms. The lowest BCUT2D eigenvalue weighted by atomic mass is 9.97. The Morgan fingerprint density at radius 2 is 1.48 bits per heavy atom. The number of anilines is 1. The van der Waals surface area contributed by atoms with Gasteiger partial charge in [-0.1, -0.05) is 80.6 Å². The van der Waals surface area contributed by atoms with E-state index in [1.807, 2.05) is 66.7 Å². The summed E-state index contributed by atoms with van der Waals surface area (Å²) in [7, 11) is 1.65. The van der Waals surface area contributed by atoms with Gasteiger partial charge in [0.05, 0.1) is 30.7 Å². The van der Waals surface area contributed by atoms with Crippen LogP contribution in [0.1, 0.15) is 29.8 Å². The molecule has 44 heavy (non-hydrogen) atoms. The number of Topliss-reactive ketones (excluding diaryl/α,β-unsaturated/α-hetero) is 1. The normalized spacial score (nSPS) is 12.5. The van der Waals surface area contributed by atoms with Gasteiger partial charge in [0.25, 0.3) is 5.91 Å². The number of pyridine rings is 1. The molecule has 0 spiro atoms. The number of methoxy groups -OCH3 is 1. The van der Waals surface area contributed by atoms with E-state index in [0.717, 1.165) is 45.8 Å². The first-order valence-electron chi connectivity index (χ1n) is 14.8. The van der Waals surface area contributed by atoms with E-state index >= 15 is 0 Å². The van der Waals surface area contributed by atoms with Crippen molar-refractivity contribution >= 4 is 17.4 Å². The highest BCUT2D eigenvalue weighted by Gasteiger charge is 2.28. The number of carbonyl (C=O) groups excluding carboxylic acids is 2. The monoisotopic (exact) mass is 582 g/mol. The summed E-state index contributed by atoms with van der Waals surface area (Å²) < 4.78 is 11.1. The van der Waals surface area contributed by atoms with Crippen molar-refractivity contribution < 1.29 is 19.1 Å². The van der Waals surface area contributed by atoms with Gasteiger partial charge in [-0.25, -0.2) is 4.98 Å². The van der Waals surface area contributed by atoms with E-state index in [-0.39, 0.29) is 24.8 Å². The highest BCUT2D eigenvalue weighted by Crippen LogP contribution is 2.38. The molecule has 0 atom stereocenters. The number of aromatic nitrogens is 1. The zero-order valence-electron chi connectivity index (χ0n) is 25.1. The van der Waals surface area contributed by atoms with Gasteiger partial charge in [0.1, 0.15) is 11.5 Å². The number of benzene rings is 4. The summed E-state index contributed by atoms with van der Waals surface area (Å²) in [6.07, 6.45) is 1.02. The summed E-state index contributed by atoms with van der Waals surface area (Å²) in [5.41, 5.74) is 7.84. The molecule has 0 aliphatic carbocycles. The predicted molar refractivity (Wildman–Crippen MR) is 174 cm³/mol. The van der Waals surface area contributed by atoms with E-state index in [1.54, 1.807) is 19.2 Å². The molecule has 220 valence electrons. The number of hydrogen-bond acceptors (Lipinski definition) is 5. The summed E-state index contributed by atoms with van der Waals surface area (Å²) in [5, 5.41) is 0. The van der Waals surface area contributed by atoms with Crippen molar-refractivity contribution in [3.63, 3.8) is 0 Å². The van der Waals surface area contributed by atoms with Crippen LogP contribution in [-0.2, 0) is 11.2 Å². The maximum Gasteiger partial charge on any atom is 0.265 e. The van der Waals surface area contributed by atoms with Crippen LogP contribution >= 0.6 is 0 Å². The van der Waals surface area contributed by atoms with Crippen LogP contribution in [0, 0.1) is 5.92 Å². The lowest BCUT2D eigenvalue weighted by molar-refractivity contribution is -0.121. The number of ketones is 1. The Morgan fingerprint density at radius 3 is 2.16 bits per heavy atom. The molecule has 1 aromatic heterocycles. The number of ether oxygens (including phenoxy) is 2. The Bertz CT molecular complexity index is 1800. The van der Waals surface area contributed by atoms with Crippen LogP contribution < -0.4 is 14.4 Å². The van der Waals surface area contributed by atoms with Crippen molar-refractivity contribution in [2.75, 3.05) is 25.2 Å². The van der Waals surface area contributed by atoms with Gasteiger partial charge in [-0.15, -0.1) is 0 Å². The van der Waals surface area contributed by atoms with E-state index in [0.29, 0.717) is 22.9 Å². The van der Waals surface area contributed by atoms with Gasteiger partial charge in [0.2, 0.25) is 0 Å². The molecule has 0 unspecified atom stereocenters. The molecule has 6 nitrogen and oxygen atoms in total. The maximum absolute atomic E-state index is 13.1. The van der Waals surface area contributed by atoms with Crippen molar-refractivity contribution in [2.24, 2.45) is 5.92 Å². The zero-order valence-corrected chi connectivity index (χ0v) is 25.1.